The molecule has 0 unspecified atom stereocenters. The normalized spacial score (nSPS) is 11.1. The van der Waals surface area contributed by atoms with Crippen LogP contribution in [0.3, 0.4) is 0 Å². The van der Waals surface area contributed by atoms with Crippen LogP contribution in [-0.4, -0.2) is 0 Å². The minimum Gasteiger partial charge on any atom is -0.489 e. The zero-order valence-electron chi connectivity index (χ0n) is 16.1. The number of halogens is 1. The molecule has 31 heavy (non-hydrogen) atoms. The first-order valence-corrected chi connectivity index (χ1v) is 10.4. The summed E-state index contributed by atoms with van der Waals surface area (Å²) in [5.74, 6) is 0.550. The van der Waals surface area contributed by atoms with Crippen LogP contribution in [-0.2, 0) is 6.61 Å². The summed E-state index contributed by atoms with van der Waals surface area (Å²) in [6, 6.07) is 23.3. The van der Waals surface area contributed by atoms with Gasteiger partial charge in [0, 0.05) is 38.5 Å². The SMILES string of the molecule is O=c1cc(-c2cc3ccccc3oc2=O)c2ccc(OCc3ccccc3Br)cc2o1. The van der Waals surface area contributed by atoms with E-state index in [-0.39, 0.29) is 0 Å². The maximum absolute atomic E-state index is 12.6. The van der Waals surface area contributed by atoms with Crippen molar-refractivity contribution in [2.45, 2.75) is 6.61 Å². The summed E-state index contributed by atoms with van der Waals surface area (Å²) in [7, 11) is 0. The summed E-state index contributed by atoms with van der Waals surface area (Å²) in [5.41, 5.74) is 1.51. The van der Waals surface area contributed by atoms with Crippen molar-refractivity contribution in [3.8, 4) is 16.9 Å². The van der Waals surface area contributed by atoms with Crippen molar-refractivity contribution in [3.63, 3.8) is 0 Å². The van der Waals surface area contributed by atoms with Gasteiger partial charge in [0.2, 0.25) is 0 Å². The third kappa shape index (κ3) is 3.78. The fraction of sp³-hybridized carbons (Fsp3) is 0.0400. The van der Waals surface area contributed by atoms with Gasteiger partial charge in [0.1, 0.15) is 23.5 Å². The highest BCUT2D eigenvalue weighted by Crippen LogP contribution is 2.30. The summed E-state index contributed by atoms with van der Waals surface area (Å²) in [4.78, 5) is 24.9. The minimum absolute atomic E-state index is 0.304. The Morgan fingerprint density at radius 3 is 2.45 bits per heavy atom. The van der Waals surface area contributed by atoms with E-state index in [1.807, 2.05) is 36.4 Å². The molecular formula is C25H15BrO5. The van der Waals surface area contributed by atoms with E-state index >= 15 is 0 Å². The second kappa shape index (κ2) is 7.89. The van der Waals surface area contributed by atoms with Crippen LogP contribution >= 0.6 is 15.9 Å². The molecule has 0 bridgehead atoms. The summed E-state index contributed by atoms with van der Waals surface area (Å²) in [6.45, 7) is 0.352. The Bertz CT molecular complexity index is 1550. The first-order valence-electron chi connectivity index (χ1n) is 9.56. The van der Waals surface area contributed by atoms with Crippen LogP contribution in [0.4, 0.5) is 0 Å². The predicted molar refractivity (Wildman–Crippen MR) is 122 cm³/mol. The van der Waals surface area contributed by atoms with Gasteiger partial charge in [-0.25, -0.2) is 9.59 Å². The average molecular weight is 475 g/mol. The quantitative estimate of drug-likeness (QED) is 0.303. The molecule has 0 radical (unpaired) electrons. The lowest BCUT2D eigenvalue weighted by Crippen LogP contribution is -2.06. The fourth-order valence-electron chi connectivity index (χ4n) is 3.48. The van der Waals surface area contributed by atoms with Gasteiger partial charge in [-0.2, -0.15) is 0 Å². The molecule has 0 aliphatic carbocycles. The Hall–Kier alpha value is -3.64. The summed E-state index contributed by atoms with van der Waals surface area (Å²) < 4.78 is 17.7. The number of fused-ring (bicyclic) bond motifs is 2. The summed E-state index contributed by atoms with van der Waals surface area (Å²) in [6.07, 6.45) is 0. The molecule has 2 heterocycles. The molecule has 0 N–H and O–H groups in total. The van der Waals surface area contributed by atoms with Crippen LogP contribution in [0.2, 0.25) is 0 Å². The zero-order valence-corrected chi connectivity index (χ0v) is 17.7. The van der Waals surface area contributed by atoms with Gasteiger partial charge in [-0.1, -0.05) is 52.3 Å². The fourth-order valence-corrected chi connectivity index (χ4v) is 3.88. The highest BCUT2D eigenvalue weighted by atomic mass is 79.9. The van der Waals surface area contributed by atoms with Gasteiger partial charge >= 0.3 is 11.3 Å². The van der Waals surface area contributed by atoms with E-state index < -0.39 is 11.3 Å². The summed E-state index contributed by atoms with van der Waals surface area (Å²) in [5, 5.41) is 1.39. The van der Waals surface area contributed by atoms with E-state index in [1.54, 1.807) is 36.4 Å². The zero-order chi connectivity index (χ0) is 21.4. The molecular weight excluding hydrogens is 460 g/mol. The summed E-state index contributed by atoms with van der Waals surface area (Å²) >= 11 is 3.50. The standard InChI is InChI=1S/C25H15BrO5/c26-21-7-3-1-6-16(21)14-29-17-9-10-18-19(13-24(27)30-23(18)12-17)20-11-15-5-2-4-8-22(15)31-25(20)28/h1-13H,14H2. The second-order valence-electron chi connectivity index (χ2n) is 7.00. The molecule has 0 saturated heterocycles. The number of para-hydroxylation sites is 1. The average Bonchev–Trinajstić information content (AvgIpc) is 2.77. The number of hydrogen-bond donors (Lipinski definition) is 0. The van der Waals surface area contributed by atoms with E-state index in [2.05, 4.69) is 15.9 Å². The molecule has 0 atom stereocenters. The Morgan fingerprint density at radius 2 is 1.58 bits per heavy atom. The smallest absolute Gasteiger partial charge is 0.344 e. The van der Waals surface area contributed by atoms with Crippen molar-refractivity contribution in [1.82, 2.24) is 0 Å². The first kappa shape index (κ1) is 19.3. The van der Waals surface area contributed by atoms with Gasteiger partial charge in [-0.3, -0.25) is 0 Å². The van der Waals surface area contributed by atoms with E-state index in [0.717, 1.165) is 15.4 Å². The molecule has 152 valence electrons. The van der Waals surface area contributed by atoms with Crippen molar-refractivity contribution >= 4 is 37.9 Å². The van der Waals surface area contributed by atoms with Crippen molar-refractivity contribution in [2.75, 3.05) is 0 Å². The monoisotopic (exact) mass is 474 g/mol. The lowest BCUT2D eigenvalue weighted by molar-refractivity contribution is 0.305. The Morgan fingerprint density at radius 1 is 0.774 bits per heavy atom. The number of rotatable bonds is 4. The Labute approximate surface area is 184 Å². The molecule has 5 nitrogen and oxygen atoms in total. The molecule has 0 spiro atoms. The van der Waals surface area contributed by atoms with E-state index in [0.29, 0.717) is 40.0 Å². The van der Waals surface area contributed by atoms with Crippen LogP contribution in [0.15, 0.2) is 102 Å². The molecule has 0 aliphatic rings. The van der Waals surface area contributed by atoms with Crippen molar-refractivity contribution < 1.29 is 13.6 Å². The van der Waals surface area contributed by atoms with Gasteiger partial charge in [-0.15, -0.1) is 0 Å². The minimum atomic E-state index is -0.557. The van der Waals surface area contributed by atoms with Crippen LogP contribution < -0.4 is 16.0 Å². The first-order chi connectivity index (χ1) is 15.1. The van der Waals surface area contributed by atoms with Gasteiger partial charge in [0.15, 0.2) is 0 Å². The molecule has 2 aromatic heterocycles. The van der Waals surface area contributed by atoms with Crippen molar-refractivity contribution in [1.29, 1.82) is 0 Å². The van der Waals surface area contributed by atoms with E-state index in [4.69, 9.17) is 13.6 Å². The van der Waals surface area contributed by atoms with E-state index in [9.17, 15) is 9.59 Å². The van der Waals surface area contributed by atoms with Crippen molar-refractivity contribution in [2.24, 2.45) is 0 Å². The van der Waals surface area contributed by atoms with E-state index in [1.165, 1.54) is 6.07 Å². The molecule has 0 saturated carbocycles. The van der Waals surface area contributed by atoms with Crippen molar-refractivity contribution in [3.05, 3.63) is 110 Å². The van der Waals surface area contributed by atoms with Crippen LogP contribution in [0.25, 0.3) is 33.1 Å². The number of ether oxygens (including phenoxy) is 1. The van der Waals surface area contributed by atoms with Crippen LogP contribution in [0.5, 0.6) is 5.75 Å². The maximum Gasteiger partial charge on any atom is 0.344 e. The van der Waals surface area contributed by atoms with Gasteiger partial charge in [0.25, 0.3) is 0 Å². The molecule has 6 heteroatoms. The molecule has 5 rings (SSSR count). The highest BCUT2D eigenvalue weighted by Gasteiger charge is 2.14. The Kier molecular flexibility index (Phi) is 4.92. The maximum atomic E-state index is 12.6. The van der Waals surface area contributed by atoms with Gasteiger partial charge in [-0.05, 0) is 30.3 Å². The molecule has 0 fully saturated rings. The number of hydrogen-bond acceptors (Lipinski definition) is 5. The van der Waals surface area contributed by atoms with Gasteiger partial charge in [0.05, 0.1) is 5.56 Å². The van der Waals surface area contributed by atoms with Crippen LogP contribution in [0.1, 0.15) is 5.56 Å². The third-order valence-corrected chi connectivity index (χ3v) is 5.77. The molecule has 0 aliphatic heterocycles. The largest absolute Gasteiger partial charge is 0.489 e. The van der Waals surface area contributed by atoms with Crippen LogP contribution in [0, 0.1) is 0 Å². The molecule has 0 amide bonds. The third-order valence-electron chi connectivity index (χ3n) is 5.00. The molecule has 5 aromatic rings. The topological polar surface area (TPSA) is 69.7 Å². The lowest BCUT2D eigenvalue weighted by atomic mass is 10.0. The highest BCUT2D eigenvalue weighted by molar-refractivity contribution is 9.10. The lowest BCUT2D eigenvalue weighted by Gasteiger charge is -2.10. The Balaban J connectivity index is 1.58. The van der Waals surface area contributed by atoms with Gasteiger partial charge < -0.3 is 13.6 Å². The second-order valence-corrected chi connectivity index (χ2v) is 7.86. The number of benzene rings is 3. The predicted octanol–water partition coefficient (Wildman–Crippen LogP) is 5.91. The molecule has 3 aromatic carbocycles.